The monoisotopic (exact) mass is 356 g/mol. The van der Waals surface area contributed by atoms with Crippen LogP contribution in [-0.4, -0.2) is 31.3 Å². The van der Waals surface area contributed by atoms with Crippen LogP contribution in [0.3, 0.4) is 0 Å². The van der Waals surface area contributed by atoms with E-state index in [9.17, 15) is 9.59 Å². The van der Waals surface area contributed by atoms with Crippen molar-refractivity contribution >= 4 is 22.2 Å². The Morgan fingerprint density at radius 1 is 1.36 bits per heavy atom. The molecule has 1 aliphatic rings. The summed E-state index contributed by atoms with van der Waals surface area (Å²) in [5.74, 6) is -0.227. The van der Waals surface area contributed by atoms with Gasteiger partial charge < -0.3 is 9.47 Å². The van der Waals surface area contributed by atoms with Crippen molar-refractivity contribution in [3.05, 3.63) is 56.7 Å². The number of hydrogen-bond acceptors (Lipinski definition) is 4. The number of thiazole rings is 1. The van der Waals surface area contributed by atoms with E-state index in [-0.39, 0.29) is 23.1 Å². The molecule has 0 aromatic carbocycles. The van der Waals surface area contributed by atoms with Gasteiger partial charge >= 0.3 is 0 Å². The number of carbonyl (C=O) groups excluding carboxylic acids is 1. The van der Waals surface area contributed by atoms with E-state index in [2.05, 4.69) is 16.5 Å². The summed E-state index contributed by atoms with van der Waals surface area (Å²) in [5.41, 5.74) is 1.86. The molecule has 1 unspecified atom stereocenters. The van der Waals surface area contributed by atoms with Gasteiger partial charge in [-0.1, -0.05) is 6.92 Å². The summed E-state index contributed by atoms with van der Waals surface area (Å²) in [4.78, 5) is 33.9. The Labute approximate surface area is 149 Å². The van der Waals surface area contributed by atoms with Crippen LogP contribution < -0.4 is 5.56 Å². The lowest BCUT2D eigenvalue weighted by Gasteiger charge is -2.36. The highest BCUT2D eigenvalue weighted by Crippen LogP contribution is 2.29. The maximum atomic E-state index is 13.2. The Morgan fingerprint density at radius 3 is 2.92 bits per heavy atom. The standard InChI is InChI=1S/C18H20N4O2S/c1-4-14-15-6-5-7-20(15)8-9-21(14)16(23)13-10-19-18-22(17(13)24)11(2)12(3)25-18/h5-7,10,14H,4,8-9H2,1-3H3. The number of rotatable bonds is 2. The first-order valence-electron chi connectivity index (χ1n) is 8.46. The lowest BCUT2D eigenvalue weighted by molar-refractivity contribution is 0.0615. The van der Waals surface area contributed by atoms with Crippen molar-refractivity contribution in [1.29, 1.82) is 0 Å². The molecule has 4 rings (SSSR count). The first-order valence-corrected chi connectivity index (χ1v) is 9.28. The molecular formula is C18H20N4O2S. The minimum Gasteiger partial charge on any atom is -0.348 e. The first kappa shape index (κ1) is 16.1. The van der Waals surface area contributed by atoms with E-state index in [0.717, 1.165) is 29.2 Å². The number of amides is 1. The molecule has 6 nitrogen and oxygen atoms in total. The summed E-state index contributed by atoms with van der Waals surface area (Å²) in [6.45, 7) is 7.26. The average Bonchev–Trinajstić information content (AvgIpc) is 3.19. The predicted molar refractivity (Wildman–Crippen MR) is 97.3 cm³/mol. The third-order valence-corrected chi connectivity index (χ3v) is 6.13. The van der Waals surface area contributed by atoms with E-state index in [1.54, 1.807) is 4.40 Å². The molecule has 0 aliphatic carbocycles. The Kier molecular flexibility index (Phi) is 3.76. The van der Waals surface area contributed by atoms with Crippen LogP contribution >= 0.6 is 11.3 Å². The topological polar surface area (TPSA) is 59.6 Å². The van der Waals surface area contributed by atoms with Gasteiger partial charge in [0.25, 0.3) is 11.5 Å². The minimum atomic E-state index is -0.271. The molecule has 0 saturated heterocycles. The summed E-state index contributed by atoms with van der Waals surface area (Å²) in [5, 5.41) is 0. The molecule has 0 radical (unpaired) electrons. The summed E-state index contributed by atoms with van der Waals surface area (Å²) < 4.78 is 3.74. The van der Waals surface area contributed by atoms with Crippen LogP contribution in [0.25, 0.3) is 4.96 Å². The van der Waals surface area contributed by atoms with Crippen molar-refractivity contribution in [3.8, 4) is 0 Å². The fraction of sp³-hybridized carbons (Fsp3) is 0.389. The van der Waals surface area contributed by atoms with Crippen molar-refractivity contribution in [1.82, 2.24) is 18.9 Å². The van der Waals surface area contributed by atoms with Crippen LogP contribution in [0.1, 0.15) is 46.0 Å². The lowest BCUT2D eigenvalue weighted by Crippen LogP contribution is -2.43. The average molecular weight is 356 g/mol. The molecule has 130 valence electrons. The van der Waals surface area contributed by atoms with E-state index < -0.39 is 0 Å². The van der Waals surface area contributed by atoms with Gasteiger partial charge in [-0.05, 0) is 32.4 Å². The molecule has 7 heteroatoms. The van der Waals surface area contributed by atoms with Gasteiger partial charge in [0.2, 0.25) is 0 Å². The van der Waals surface area contributed by atoms with Crippen molar-refractivity contribution in [2.75, 3.05) is 6.54 Å². The van der Waals surface area contributed by atoms with Crippen LogP contribution in [0.5, 0.6) is 0 Å². The highest BCUT2D eigenvalue weighted by atomic mass is 32.1. The fourth-order valence-electron chi connectivity index (χ4n) is 3.61. The highest BCUT2D eigenvalue weighted by Gasteiger charge is 2.32. The number of aryl methyl sites for hydroxylation is 2. The molecule has 0 saturated carbocycles. The maximum Gasteiger partial charge on any atom is 0.271 e. The smallest absolute Gasteiger partial charge is 0.271 e. The van der Waals surface area contributed by atoms with Gasteiger partial charge in [0, 0.05) is 41.7 Å². The van der Waals surface area contributed by atoms with Gasteiger partial charge in [0.05, 0.1) is 6.04 Å². The van der Waals surface area contributed by atoms with Gasteiger partial charge in [-0.15, -0.1) is 11.3 Å². The summed E-state index contributed by atoms with van der Waals surface area (Å²) in [6.07, 6.45) is 4.29. The van der Waals surface area contributed by atoms with Crippen LogP contribution in [0.4, 0.5) is 0 Å². The largest absolute Gasteiger partial charge is 0.348 e. The molecule has 25 heavy (non-hydrogen) atoms. The zero-order valence-electron chi connectivity index (χ0n) is 14.5. The Hall–Kier alpha value is -2.41. The van der Waals surface area contributed by atoms with Gasteiger partial charge in [-0.25, -0.2) is 4.98 Å². The van der Waals surface area contributed by atoms with Gasteiger partial charge in [-0.2, -0.15) is 0 Å². The molecule has 0 spiro atoms. The van der Waals surface area contributed by atoms with E-state index >= 15 is 0 Å². The van der Waals surface area contributed by atoms with E-state index in [1.807, 2.05) is 37.1 Å². The number of carbonyl (C=O) groups is 1. The maximum absolute atomic E-state index is 13.2. The zero-order chi connectivity index (χ0) is 17.7. The second-order valence-corrected chi connectivity index (χ2v) is 7.57. The second kappa shape index (κ2) is 5.84. The molecule has 3 aromatic heterocycles. The van der Waals surface area contributed by atoms with Crippen molar-refractivity contribution in [3.63, 3.8) is 0 Å². The molecule has 1 aliphatic heterocycles. The van der Waals surface area contributed by atoms with Crippen molar-refractivity contribution in [2.24, 2.45) is 0 Å². The summed E-state index contributed by atoms with van der Waals surface area (Å²) in [6, 6.07) is 4.04. The summed E-state index contributed by atoms with van der Waals surface area (Å²) >= 11 is 1.47. The normalized spacial score (nSPS) is 17.1. The van der Waals surface area contributed by atoms with Crippen LogP contribution in [0, 0.1) is 13.8 Å². The molecule has 1 atom stereocenters. The highest BCUT2D eigenvalue weighted by molar-refractivity contribution is 7.17. The molecule has 0 bridgehead atoms. The number of nitrogens with zero attached hydrogens (tertiary/aromatic N) is 4. The lowest BCUT2D eigenvalue weighted by atomic mass is 10.1. The quantitative estimate of drug-likeness (QED) is 0.709. The molecular weight excluding hydrogens is 336 g/mol. The Balaban J connectivity index is 1.79. The van der Waals surface area contributed by atoms with Gasteiger partial charge in [0.1, 0.15) is 5.56 Å². The third kappa shape index (κ3) is 2.33. The SMILES string of the molecule is CCC1c2cccn2CCN1C(=O)c1cnc2sc(C)c(C)n2c1=O. The van der Waals surface area contributed by atoms with Crippen molar-refractivity contribution in [2.45, 2.75) is 39.8 Å². The van der Waals surface area contributed by atoms with Gasteiger partial charge in [0.15, 0.2) is 4.96 Å². The van der Waals surface area contributed by atoms with Gasteiger partial charge in [-0.3, -0.25) is 14.0 Å². The number of aromatic nitrogens is 3. The first-order chi connectivity index (χ1) is 12.0. The van der Waals surface area contributed by atoms with E-state index in [1.165, 1.54) is 17.5 Å². The van der Waals surface area contributed by atoms with Crippen molar-refractivity contribution < 1.29 is 4.79 Å². The molecule has 3 aromatic rings. The minimum absolute atomic E-state index is 0.0124. The third-order valence-electron chi connectivity index (χ3n) is 5.06. The van der Waals surface area contributed by atoms with E-state index in [4.69, 9.17) is 0 Å². The number of fused-ring (bicyclic) bond motifs is 2. The summed E-state index contributed by atoms with van der Waals surface area (Å²) in [7, 11) is 0. The van der Waals surface area contributed by atoms with E-state index in [0.29, 0.717) is 11.5 Å². The Bertz CT molecular complexity index is 1030. The second-order valence-electron chi connectivity index (χ2n) is 6.39. The molecule has 4 heterocycles. The predicted octanol–water partition coefficient (Wildman–Crippen LogP) is 2.78. The molecule has 0 fully saturated rings. The number of hydrogen-bond donors (Lipinski definition) is 0. The molecule has 1 amide bonds. The Morgan fingerprint density at radius 2 is 2.16 bits per heavy atom. The van der Waals surface area contributed by atoms with Crippen LogP contribution in [0.15, 0.2) is 29.3 Å². The van der Waals surface area contributed by atoms with Crippen LogP contribution in [0.2, 0.25) is 0 Å². The molecule has 0 N–H and O–H groups in total. The fourth-order valence-corrected chi connectivity index (χ4v) is 4.54. The van der Waals surface area contributed by atoms with Crippen LogP contribution in [-0.2, 0) is 6.54 Å². The zero-order valence-corrected chi connectivity index (χ0v) is 15.3.